The first kappa shape index (κ1) is 19.8. The van der Waals surface area contributed by atoms with E-state index in [1.807, 2.05) is 0 Å². The van der Waals surface area contributed by atoms with Crippen LogP contribution in [-0.4, -0.2) is 37.2 Å². The van der Waals surface area contributed by atoms with Crippen molar-refractivity contribution < 1.29 is 18.3 Å². The molecule has 10 heteroatoms. The van der Waals surface area contributed by atoms with E-state index in [2.05, 4.69) is 15.2 Å². The highest BCUT2D eigenvalue weighted by Gasteiger charge is 2.22. The molecule has 0 radical (unpaired) electrons. The van der Waals surface area contributed by atoms with Crippen molar-refractivity contribution in [1.82, 2.24) is 4.98 Å². The Morgan fingerprint density at radius 3 is 2.64 bits per heavy atom. The predicted molar refractivity (Wildman–Crippen MR) is 108 cm³/mol. The number of azo groups is 1. The zero-order chi connectivity index (χ0) is 20.5. The smallest absolute Gasteiger partial charge is 0.285 e. The van der Waals surface area contributed by atoms with Gasteiger partial charge in [0.15, 0.2) is 5.69 Å². The highest BCUT2D eigenvalue weighted by Crippen LogP contribution is 2.35. The number of aryl methyl sites for hydroxylation is 1. The summed E-state index contributed by atoms with van der Waals surface area (Å²) in [7, 11) is -3.75. The van der Waals surface area contributed by atoms with Gasteiger partial charge < -0.3 is 10.1 Å². The van der Waals surface area contributed by atoms with Crippen LogP contribution in [0, 0.1) is 6.92 Å². The minimum Gasteiger partial charge on any atom is -0.493 e. The molecule has 2 N–H and O–H groups in total. The first-order valence-electron chi connectivity index (χ1n) is 8.15. The molecule has 3 rings (SSSR count). The summed E-state index contributed by atoms with van der Waals surface area (Å²) in [5, 5.41) is 18.4. The fraction of sp³-hybridized carbons (Fsp3) is 0.167. The van der Waals surface area contributed by atoms with E-state index >= 15 is 0 Å². The summed E-state index contributed by atoms with van der Waals surface area (Å²) in [6, 6.07) is 11.7. The molecule has 1 amide bonds. The Labute approximate surface area is 166 Å². The molecule has 0 bridgehead atoms. The van der Waals surface area contributed by atoms with Crippen LogP contribution in [0.15, 0.2) is 52.7 Å². The zero-order valence-corrected chi connectivity index (χ0v) is 16.6. The number of hydrogen-bond acceptors (Lipinski definition) is 5. The van der Waals surface area contributed by atoms with Gasteiger partial charge in [0, 0.05) is 10.4 Å². The topological polar surface area (TPSA) is 115 Å². The van der Waals surface area contributed by atoms with Gasteiger partial charge in [0.2, 0.25) is 15.9 Å². The minimum atomic E-state index is -3.75. The van der Waals surface area contributed by atoms with E-state index in [1.54, 1.807) is 37.3 Å². The zero-order valence-electron chi connectivity index (χ0n) is 15.0. The number of H-pyrrole nitrogens is 1. The number of halogens is 1. The van der Waals surface area contributed by atoms with Gasteiger partial charge in [-0.1, -0.05) is 29.8 Å². The third-order valence-corrected chi connectivity index (χ3v) is 5.39. The lowest BCUT2D eigenvalue weighted by atomic mass is 10.2. The van der Waals surface area contributed by atoms with Crippen molar-refractivity contribution in [2.75, 3.05) is 17.1 Å². The second-order valence-electron chi connectivity index (χ2n) is 6.16. The van der Waals surface area contributed by atoms with Crippen LogP contribution >= 0.6 is 11.6 Å². The molecular formula is C18H17ClN4O4S. The lowest BCUT2D eigenvalue weighted by Crippen LogP contribution is -2.34. The third-order valence-electron chi connectivity index (χ3n) is 4.03. The summed E-state index contributed by atoms with van der Waals surface area (Å²) in [5.74, 6) is -1.02. The van der Waals surface area contributed by atoms with Crippen molar-refractivity contribution in [1.29, 1.82) is 0 Å². The fourth-order valence-corrected chi connectivity index (χ4v) is 3.89. The number of benzene rings is 2. The lowest BCUT2D eigenvalue weighted by molar-refractivity contribution is -0.116. The van der Waals surface area contributed by atoms with Crippen molar-refractivity contribution in [3.05, 3.63) is 53.1 Å². The molecule has 1 heterocycles. The van der Waals surface area contributed by atoms with Gasteiger partial charge in [0.1, 0.15) is 6.54 Å². The Balaban J connectivity index is 1.88. The van der Waals surface area contributed by atoms with E-state index in [4.69, 9.17) is 11.6 Å². The molecule has 2 aromatic carbocycles. The van der Waals surface area contributed by atoms with E-state index in [0.717, 1.165) is 10.6 Å². The lowest BCUT2D eigenvalue weighted by Gasteiger charge is -2.22. The number of rotatable bonds is 5. The SMILES string of the molecule is Cc1cc(Cl)ccc1N(CC(=O)N=Nc1c(O)[nH]c2ccccc12)S(C)(=O)=O. The van der Waals surface area contributed by atoms with Crippen LogP contribution in [0.5, 0.6) is 5.88 Å². The molecule has 0 saturated heterocycles. The van der Waals surface area contributed by atoms with Crippen molar-refractivity contribution in [2.24, 2.45) is 10.2 Å². The summed E-state index contributed by atoms with van der Waals surface area (Å²) in [5.41, 5.74) is 1.66. The summed E-state index contributed by atoms with van der Waals surface area (Å²) < 4.78 is 25.3. The molecule has 3 aromatic rings. The molecule has 0 aliphatic heterocycles. The van der Waals surface area contributed by atoms with Crippen LogP contribution < -0.4 is 4.31 Å². The Kier molecular flexibility index (Phi) is 5.39. The molecule has 0 fully saturated rings. The average Bonchev–Trinajstić information content (AvgIpc) is 2.93. The van der Waals surface area contributed by atoms with E-state index < -0.39 is 22.5 Å². The maximum atomic E-state index is 12.3. The molecule has 8 nitrogen and oxygen atoms in total. The standard InChI is InChI=1S/C18H17ClN4O4S/c1-11-9-12(19)7-8-15(11)23(28(2,26)27)10-16(24)21-22-17-13-5-3-4-6-14(13)20-18(17)25/h3-9,20,25H,10H2,1-2H3. The number of para-hydroxylation sites is 1. The van der Waals surface area contributed by atoms with Crippen LogP contribution in [0.1, 0.15) is 5.56 Å². The number of carbonyl (C=O) groups excluding carboxylic acids is 1. The highest BCUT2D eigenvalue weighted by atomic mass is 35.5. The van der Waals surface area contributed by atoms with Crippen LogP contribution in [0.2, 0.25) is 5.02 Å². The van der Waals surface area contributed by atoms with Crippen molar-refractivity contribution >= 4 is 49.8 Å². The number of nitrogens with zero attached hydrogens (tertiary/aromatic N) is 3. The van der Waals surface area contributed by atoms with E-state index in [0.29, 0.717) is 27.2 Å². The van der Waals surface area contributed by atoms with Crippen LogP contribution in [0.25, 0.3) is 10.9 Å². The maximum Gasteiger partial charge on any atom is 0.285 e. The quantitative estimate of drug-likeness (QED) is 0.608. The van der Waals surface area contributed by atoms with E-state index in [1.165, 1.54) is 12.1 Å². The van der Waals surface area contributed by atoms with Gasteiger partial charge in [-0.05, 0) is 36.8 Å². The maximum absolute atomic E-state index is 12.3. The van der Waals surface area contributed by atoms with Gasteiger partial charge in [0.25, 0.3) is 5.91 Å². The number of amides is 1. The normalized spacial score (nSPS) is 12.0. The first-order valence-corrected chi connectivity index (χ1v) is 10.4. The highest BCUT2D eigenvalue weighted by molar-refractivity contribution is 7.92. The molecule has 28 heavy (non-hydrogen) atoms. The third kappa shape index (κ3) is 4.15. The number of sulfonamides is 1. The van der Waals surface area contributed by atoms with E-state index in [9.17, 15) is 18.3 Å². The van der Waals surface area contributed by atoms with Gasteiger partial charge in [-0.25, -0.2) is 8.42 Å². The molecule has 1 aromatic heterocycles. The average molecular weight is 421 g/mol. The van der Waals surface area contributed by atoms with Gasteiger partial charge in [-0.3, -0.25) is 9.10 Å². The Hall–Kier alpha value is -2.91. The molecule has 0 aliphatic rings. The largest absolute Gasteiger partial charge is 0.493 e. The number of carbonyl (C=O) groups is 1. The number of nitrogens with one attached hydrogen (secondary N) is 1. The number of aromatic amines is 1. The Morgan fingerprint density at radius 2 is 1.96 bits per heavy atom. The Bertz CT molecular complexity index is 1190. The number of hydrogen-bond donors (Lipinski definition) is 2. The van der Waals surface area contributed by atoms with Crippen molar-refractivity contribution in [3.63, 3.8) is 0 Å². The molecule has 0 unspecified atom stereocenters. The number of anilines is 1. The monoisotopic (exact) mass is 420 g/mol. The van der Waals surface area contributed by atoms with Gasteiger partial charge >= 0.3 is 0 Å². The number of fused-ring (bicyclic) bond motifs is 1. The summed E-state index contributed by atoms with van der Waals surface area (Å²) in [6.07, 6.45) is 0.997. The van der Waals surface area contributed by atoms with Gasteiger partial charge in [-0.15, -0.1) is 10.2 Å². The molecule has 0 saturated carbocycles. The summed E-state index contributed by atoms with van der Waals surface area (Å²) in [6.45, 7) is 1.16. The van der Waals surface area contributed by atoms with E-state index in [-0.39, 0.29) is 11.6 Å². The second-order valence-corrected chi connectivity index (χ2v) is 8.51. The molecule has 0 aliphatic carbocycles. The summed E-state index contributed by atoms with van der Waals surface area (Å²) in [4.78, 5) is 15.0. The van der Waals surface area contributed by atoms with Crippen LogP contribution in [0.3, 0.4) is 0 Å². The minimum absolute atomic E-state index is 0.109. The number of aromatic hydroxyl groups is 1. The van der Waals surface area contributed by atoms with Crippen molar-refractivity contribution in [2.45, 2.75) is 6.92 Å². The second kappa shape index (κ2) is 7.61. The predicted octanol–water partition coefficient (Wildman–Crippen LogP) is 3.91. The summed E-state index contributed by atoms with van der Waals surface area (Å²) >= 11 is 5.92. The van der Waals surface area contributed by atoms with Gasteiger partial charge in [-0.2, -0.15) is 0 Å². The number of aromatic nitrogens is 1. The molecule has 0 atom stereocenters. The van der Waals surface area contributed by atoms with Crippen LogP contribution in [0.4, 0.5) is 11.4 Å². The van der Waals surface area contributed by atoms with Gasteiger partial charge in [0.05, 0.1) is 17.5 Å². The molecular weight excluding hydrogens is 404 g/mol. The molecule has 146 valence electrons. The van der Waals surface area contributed by atoms with Crippen LogP contribution in [-0.2, 0) is 14.8 Å². The first-order chi connectivity index (χ1) is 13.2. The fourth-order valence-electron chi connectivity index (χ4n) is 2.75. The molecule has 0 spiro atoms. The Morgan fingerprint density at radius 1 is 1.25 bits per heavy atom. The van der Waals surface area contributed by atoms with Crippen molar-refractivity contribution in [3.8, 4) is 5.88 Å².